The Hall–Kier alpha value is -2.82. The maximum atomic E-state index is 12.3. The molecule has 2 amide bonds. The second-order valence-electron chi connectivity index (χ2n) is 4.98. The van der Waals surface area contributed by atoms with Crippen molar-refractivity contribution in [3.63, 3.8) is 0 Å². The Morgan fingerprint density at radius 1 is 1.04 bits per heavy atom. The number of hydrogen-bond donors (Lipinski definition) is 2. The van der Waals surface area contributed by atoms with Gasteiger partial charge in [-0.1, -0.05) is 30.3 Å². The monoisotopic (exact) mass is 312 g/mol. The van der Waals surface area contributed by atoms with Crippen molar-refractivity contribution in [2.24, 2.45) is 0 Å². The predicted octanol–water partition coefficient (Wildman–Crippen LogP) is 2.84. The minimum Gasteiger partial charge on any atom is -0.492 e. The number of carbonyl (C=O) groups excluding carboxylic acids is 2. The maximum absolute atomic E-state index is 12.3. The molecule has 0 saturated heterocycles. The number of ether oxygens (including phenoxy) is 1. The highest BCUT2D eigenvalue weighted by Gasteiger charge is 2.17. The first kappa shape index (κ1) is 16.5. The lowest BCUT2D eigenvalue weighted by Crippen LogP contribution is -2.41. The summed E-state index contributed by atoms with van der Waals surface area (Å²) < 4.78 is 5.47. The van der Waals surface area contributed by atoms with Crippen molar-refractivity contribution in [2.75, 3.05) is 11.9 Å². The first-order valence-electron chi connectivity index (χ1n) is 7.50. The van der Waals surface area contributed by atoms with Gasteiger partial charge in [-0.05, 0) is 38.1 Å². The van der Waals surface area contributed by atoms with Gasteiger partial charge in [-0.3, -0.25) is 9.59 Å². The Balaban J connectivity index is 1.99. The lowest BCUT2D eigenvalue weighted by Gasteiger charge is -2.16. The molecule has 0 radical (unpaired) electrons. The Kier molecular flexibility index (Phi) is 5.74. The van der Waals surface area contributed by atoms with Crippen LogP contribution in [0.15, 0.2) is 54.6 Å². The van der Waals surface area contributed by atoms with Crippen LogP contribution in [-0.2, 0) is 4.79 Å². The van der Waals surface area contributed by atoms with Crippen molar-refractivity contribution in [2.45, 2.75) is 19.9 Å². The number of benzene rings is 2. The van der Waals surface area contributed by atoms with E-state index in [0.717, 1.165) is 0 Å². The molecule has 0 aliphatic carbocycles. The number of anilines is 1. The minimum absolute atomic E-state index is 0.286. The summed E-state index contributed by atoms with van der Waals surface area (Å²) >= 11 is 0. The summed E-state index contributed by atoms with van der Waals surface area (Å²) in [7, 11) is 0. The number of hydrogen-bond acceptors (Lipinski definition) is 3. The molecular weight excluding hydrogens is 292 g/mol. The van der Waals surface area contributed by atoms with Gasteiger partial charge >= 0.3 is 0 Å². The highest BCUT2D eigenvalue weighted by molar-refractivity contribution is 6.01. The van der Waals surface area contributed by atoms with Crippen LogP contribution in [0.1, 0.15) is 24.2 Å². The summed E-state index contributed by atoms with van der Waals surface area (Å²) in [5, 5.41) is 5.45. The third-order valence-corrected chi connectivity index (χ3v) is 3.22. The SMILES string of the molecule is CCOc1ccccc1NC(=O)[C@@H](C)NC(=O)c1ccccc1. The van der Waals surface area contributed by atoms with Crippen molar-refractivity contribution < 1.29 is 14.3 Å². The molecule has 0 aliphatic heterocycles. The van der Waals surface area contributed by atoms with Gasteiger partial charge < -0.3 is 15.4 Å². The Morgan fingerprint density at radius 3 is 2.39 bits per heavy atom. The second kappa shape index (κ2) is 7.98. The number of carbonyl (C=O) groups is 2. The van der Waals surface area contributed by atoms with Crippen molar-refractivity contribution in [1.29, 1.82) is 0 Å². The molecule has 0 spiro atoms. The second-order valence-corrected chi connectivity index (χ2v) is 4.98. The zero-order chi connectivity index (χ0) is 16.7. The molecule has 2 aromatic rings. The third kappa shape index (κ3) is 4.57. The van der Waals surface area contributed by atoms with Crippen LogP contribution < -0.4 is 15.4 Å². The first-order chi connectivity index (χ1) is 11.1. The lowest BCUT2D eigenvalue weighted by molar-refractivity contribution is -0.117. The van der Waals surface area contributed by atoms with Gasteiger partial charge in [-0.25, -0.2) is 0 Å². The van der Waals surface area contributed by atoms with Crippen LogP contribution in [-0.4, -0.2) is 24.5 Å². The van der Waals surface area contributed by atoms with Crippen molar-refractivity contribution in [1.82, 2.24) is 5.32 Å². The minimum atomic E-state index is -0.669. The molecule has 2 aromatic carbocycles. The van der Waals surface area contributed by atoms with Gasteiger partial charge in [0.05, 0.1) is 12.3 Å². The van der Waals surface area contributed by atoms with Gasteiger partial charge in [0.2, 0.25) is 5.91 Å². The third-order valence-electron chi connectivity index (χ3n) is 3.22. The summed E-state index contributed by atoms with van der Waals surface area (Å²) in [5.41, 5.74) is 1.10. The molecule has 2 N–H and O–H groups in total. The number of rotatable bonds is 6. The van der Waals surface area contributed by atoms with Crippen LogP contribution in [0.4, 0.5) is 5.69 Å². The van der Waals surface area contributed by atoms with Gasteiger partial charge in [0.25, 0.3) is 5.91 Å². The van der Waals surface area contributed by atoms with Crippen LogP contribution in [0.25, 0.3) is 0 Å². The van der Waals surface area contributed by atoms with Crippen LogP contribution in [0, 0.1) is 0 Å². The Morgan fingerprint density at radius 2 is 1.70 bits per heavy atom. The van der Waals surface area contributed by atoms with Gasteiger partial charge in [-0.15, -0.1) is 0 Å². The van der Waals surface area contributed by atoms with Crippen molar-refractivity contribution >= 4 is 17.5 Å². The molecule has 5 nitrogen and oxygen atoms in total. The Labute approximate surface area is 135 Å². The normalized spacial score (nSPS) is 11.4. The molecule has 0 unspecified atom stereocenters. The fourth-order valence-corrected chi connectivity index (χ4v) is 2.03. The van der Waals surface area contributed by atoms with Crippen LogP contribution in [0.5, 0.6) is 5.75 Å². The molecule has 0 bridgehead atoms. The summed E-state index contributed by atoms with van der Waals surface area (Å²) in [5.74, 6) is 0.0118. The molecule has 1 atom stereocenters. The molecular formula is C18H20N2O3. The molecule has 0 aromatic heterocycles. The van der Waals surface area contributed by atoms with Crippen LogP contribution in [0.2, 0.25) is 0 Å². The van der Waals surface area contributed by atoms with E-state index in [2.05, 4.69) is 10.6 Å². The van der Waals surface area contributed by atoms with Gasteiger partial charge in [0, 0.05) is 5.56 Å². The van der Waals surface area contributed by atoms with Crippen molar-refractivity contribution in [3.05, 3.63) is 60.2 Å². The molecule has 0 fully saturated rings. The van der Waals surface area contributed by atoms with E-state index in [1.807, 2.05) is 25.1 Å². The molecule has 5 heteroatoms. The average Bonchev–Trinajstić information content (AvgIpc) is 2.57. The van der Waals surface area contributed by atoms with Gasteiger partial charge in [-0.2, -0.15) is 0 Å². The van der Waals surface area contributed by atoms with E-state index in [-0.39, 0.29) is 11.8 Å². The molecule has 2 rings (SSSR count). The van der Waals surface area contributed by atoms with E-state index in [1.54, 1.807) is 43.3 Å². The van der Waals surface area contributed by atoms with E-state index in [0.29, 0.717) is 23.6 Å². The van der Waals surface area contributed by atoms with Gasteiger partial charge in [0.15, 0.2) is 0 Å². The average molecular weight is 312 g/mol. The quantitative estimate of drug-likeness (QED) is 0.862. The summed E-state index contributed by atoms with van der Waals surface area (Å²) in [6, 6.07) is 15.3. The Bertz CT molecular complexity index is 671. The number of nitrogens with one attached hydrogen (secondary N) is 2. The standard InChI is InChI=1S/C18H20N2O3/c1-3-23-16-12-8-7-11-15(16)20-17(21)13(2)19-18(22)14-9-5-4-6-10-14/h4-13H,3H2,1-2H3,(H,19,22)(H,20,21)/t13-/m1/s1. The number of para-hydroxylation sites is 2. The zero-order valence-corrected chi connectivity index (χ0v) is 13.2. The highest BCUT2D eigenvalue weighted by atomic mass is 16.5. The van der Waals surface area contributed by atoms with Crippen LogP contribution >= 0.6 is 0 Å². The zero-order valence-electron chi connectivity index (χ0n) is 13.2. The number of amides is 2. The summed E-state index contributed by atoms with van der Waals surface area (Å²) in [6.07, 6.45) is 0. The topological polar surface area (TPSA) is 67.4 Å². The largest absolute Gasteiger partial charge is 0.492 e. The van der Waals surface area contributed by atoms with Crippen molar-refractivity contribution in [3.8, 4) is 5.75 Å². The van der Waals surface area contributed by atoms with E-state index in [1.165, 1.54) is 0 Å². The fraction of sp³-hybridized carbons (Fsp3) is 0.222. The predicted molar refractivity (Wildman–Crippen MR) is 89.6 cm³/mol. The molecule has 0 aliphatic rings. The smallest absolute Gasteiger partial charge is 0.251 e. The molecule has 0 heterocycles. The lowest BCUT2D eigenvalue weighted by atomic mass is 10.2. The van der Waals surface area contributed by atoms with Crippen LogP contribution in [0.3, 0.4) is 0 Å². The molecule has 0 saturated carbocycles. The van der Waals surface area contributed by atoms with E-state index < -0.39 is 6.04 Å². The molecule has 120 valence electrons. The maximum Gasteiger partial charge on any atom is 0.251 e. The van der Waals surface area contributed by atoms with E-state index in [9.17, 15) is 9.59 Å². The summed E-state index contributed by atoms with van der Waals surface area (Å²) in [6.45, 7) is 4.02. The molecule has 23 heavy (non-hydrogen) atoms. The first-order valence-corrected chi connectivity index (χ1v) is 7.50. The van der Waals surface area contributed by atoms with E-state index in [4.69, 9.17) is 4.74 Å². The summed E-state index contributed by atoms with van der Waals surface area (Å²) in [4.78, 5) is 24.3. The fourth-order valence-electron chi connectivity index (χ4n) is 2.03. The van der Waals surface area contributed by atoms with E-state index >= 15 is 0 Å². The highest BCUT2D eigenvalue weighted by Crippen LogP contribution is 2.23. The van der Waals surface area contributed by atoms with Gasteiger partial charge in [0.1, 0.15) is 11.8 Å².